The second kappa shape index (κ2) is 8.05. The molecule has 10 nitrogen and oxygen atoms in total. The maximum Gasteiger partial charge on any atom is 0.301 e. The van der Waals surface area contributed by atoms with Gasteiger partial charge in [0.05, 0.1) is 35.1 Å². The normalized spacial score (nSPS) is 20.3. The molecule has 12 heteroatoms. The zero-order valence-electron chi connectivity index (χ0n) is 18.1. The summed E-state index contributed by atoms with van der Waals surface area (Å²) < 4.78 is 56.7. The summed E-state index contributed by atoms with van der Waals surface area (Å²) in [6.45, 7) is 1.10. The van der Waals surface area contributed by atoms with Gasteiger partial charge >= 0.3 is 10.2 Å². The summed E-state index contributed by atoms with van der Waals surface area (Å²) in [5, 5.41) is 9.97. The molecule has 176 valence electrons. The molecule has 1 aromatic heterocycles. The molecule has 2 saturated heterocycles. The second-order valence-electron chi connectivity index (χ2n) is 8.32. The van der Waals surface area contributed by atoms with E-state index in [1.54, 1.807) is 7.05 Å². The Labute approximate surface area is 194 Å². The number of hydrogen-bond acceptors (Lipinski definition) is 7. The molecule has 0 radical (unpaired) electrons. The minimum absolute atomic E-state index is 0.0941. The van der Waals surface area contributed by atoms with Gasteiger partial charge in [0.1, 0.15) is 17.4 Å². The number of ether oxygens (including phenoxy) is 2. The molecule has 3 aromatic rings. The lowest BCUT2D eigenvalue weighted by Gasteiger charge is -2.38. The van der Waals surface area contributed by atoms with Crippen molar-refractivity contribution in [3.05, 3.63) is 58.4 Å². The molecule has 0 bridgehead atoms. The topological polar surface area (TPSA) is 127 Å². The van der Waals surface area contributed by atoms with E-state index in [4.69, 9.17) is 9.47 Å². The Bertz CT molecular complexity index is 1510. The lowest BCUT2D eigenvalue weighted by molar-refractivity contribution is -0.134. The number of nitriles is 1. The molecule has 1 unspecified atom stereocenters. The van der Waals surface area contributed by atoms with Crippen molar-refractivity contribution < 1.29 is 22.3 Å². The van der Waals surface area contributed by atoms with Crippen molar-refractivity contribution in [3.63, 3.8) is 0 Å². The van der Waals surface area contributed by atoms with Gasteiger partial charge in [-0.25, -0.2) is 9.37 Å². The third-order valence-electron chi connectivity index (χ3n) is 6.16. The van der Waals surface area contributed by atoms with E-state index in [0.29, 0.717) is 18.5 Å². The molecule has 34 heavy (non-hydrogen) atoms. The Morgan fingerprint density at radius 1 is 1.29 bits per heavy atom. The number of rotatable bonds is 5. The summed E-state index contributed by atoms with van der Waals surface area (Å²) in [6.07, 6.45) is 2.77. The minimum Gasteiger partial charge on any atom is -0.453 e. The van der Waals surface area contributed by atoms with Crippen LogP contribution in [0.1, 0.15) is 18.4 Å². The van der Waals surface area contributed by atoms with Crippen molar-refractivity contribution in [1.82, 2.24) is 13.9 Å². The van der Waals surface area contributed by atoms with Crippen molar-refractivity contribution in [2.24, 2.45) is 7.05 Å². The van der Waals surface area contributed by atoms with E-state index < -0.39 is 27.4 Å². The number of aromatic nitrogens is 2. The van der Waals surface area contributed by atoms with Gasteiger partial charge in [-0.3, -0.25) is 9.52 Å². The van der Waals surface area contributed by atoms with Crippen LogP contribution in [0.5, 0.6) is 11.5 Å². The highest BCUT2D eigenvalue weighted by atomic mass is 32.2. The van der Waals surface area contributed by atoms with Crippen molar-refractivity contribution >= 4 is 26.8 Å². The van der Waals surface area contributed by atoms with Crippen LogP contribution in [-0.2, 0) is 22.0 Å². The zero-order valence-corrected chi connectivity index (χ0v) is 18.9. The van der Waals surface area contributed by atoms with Crippen LogP contribution < -0.4 is 15.0 Å². The van der Waals surface area contributed by atoms with Crippen LogP contribution in [0, 0.1) is 17.1 Å². The average Bonchev–Trinajstić information content (AvgIpc) is 3.27. The van der Waals surface area contributed by atoms with E-state index in [2.05, 4.69) is 9.71 Å². The third kappa shape index (κ3) is 3.77. The fraction of sp³-hybridized carbons (Fsp3) is 0.318. The molecule has 1 spiro atoms. The molecule has 0 aliphatic carbocycles. The molecule has 5 rings (SSSR count). The average molecular weight is 485 g/mol. The number of halogens is 1. The van der Waals surface area contributed by atoms with Crippen LogP contribution in [-0.4, -0.2) is 47.6 Å². The predicted molar refractivity (Wildman–Crippen MR) is 120 cm³/mol. The zero-order chi connectivity index (χ0) is 24.1. The molecular weight excluding hydrogens is 465 g/mol. The van der Waals surface area contributed by atoms with Gasteiger partial charge in [0.25, 0.3) is 5.56 Å². The van der Waals surface area contributed by atoms with Crippen LogP contribution in [0.15, 0.2) is 41.5 Å². The smallest absolute Gasteiger partial charge is 0.301 e. The van der Waals surface area contributed by atoms with Gasteiger partial charge in [0, 0.05) is 26.6 Å². The highest BCUT2D eigenvalue weighted by Crippen LogP contribution is 2.38. The molecule has 2 aromatic carbocycles. The highest BCUT2D eigenvalue weighted by Gasteiger charge is 2.47. The number of hydrogen-bond donors (Lipinski definition) is 1. The Kier molecular flexibility index (Phi) is 5.27. The van der Waals surface area contributed by atoms with E-state index >= 15 is 0 Å². The quantitative estimate of drug-likeness (QED) is 0.587. The number of nitrogens with one attached hydrogen (secondary N) is 1. The third-order valence-corrected chi connectivity index (χ3v) is 7.63. The first kappa shape index (κ1) is 22.3. The first-order valence-electron chi connectivity index (χ1n) is 10.5. The second-order valence-corrected chi connectivity index (χ2v) is 10.00. The van der Waals surface area contributed by atoms with E-state index in [1.807, 2.05) is 6.07 Å². The lowest BCUT2D eigenvalue weighted by Crippen LogP contribution is -2.47. The largest absolute Gasteiger partial charge is 0.453 e. The summed E-state index contributed by atoms with van der Waals surface area (Å²) in [7, 11) is -2.47. The van der Waals surface area contributed by atoms with Gasteiger partial charge in [-0.2, -0.15) is 18.0 Å². The fourth-order valence-corrected chi connectivity index (χ4v) is 5.47. The van der Waals surface area contributed by atoms with Gasteiger partial charge in [-0.15, -0.1) is 0 Å². The van der Waals surface area contributed by atoms with Gasteiger partial charge in [-0.05, 0) is 36.8 Å². The SMILES string of the molecule is Cn1cnc2ccc(Oc3c(F)ccc(NS(=O)(=O)N4CCC5(CCO5)C4)c3C#N)cc2c1=O. The molecular formula is C22H20FN5O5S. The van der Waals surface area contributed by atoms with Crippen molar-refractivity contribution in [2.45, 2.75) is 18.4 Å². The molecule has 0 saturated carbocycles. The van der Waals surface area contributed by atoms with Crippen LogP contribution in [0.4, 0.5) is 10.1 Å². The fourth-order valence-electron chi connectivity index (χ4n) is 4.15. The number of nitrogens with zero attached hydrogens (tertiary/aromatic N) is 4. The Morgan fingerprint density at radius 3 is 2.76 bits per heavy atom. The molecule has 1 atom stereocenters. The summed E-state index contributed by atoms with van der Waals surface area (Å²) in [5.74, 6) is -1.22. The first-order valence-corrected chi connectivity index (χ1v) is 11.9. The van der Waals surface area contributed by atoms with E-state index in [-0.39, 0.29) is 41.0 Å². The molecule has 2 aliphatic heterocycles. The first-order chi connectivity index (χ1) is 16.2. The standard InChI is InChI=1S/C22H20FN5O5S/c1-27-13-25-18-4-2-14(10-15(18)21(27)29)33-20-16(11-24)19(5-3-17(20)23)26-34(30,31)28-8-6-22(12-28)7-9-32-22/h2-5,10,13,26H,6-9,12H2,1H3. The van der Waals surface area contributed by atoms with Crippen LogP contribution >= 0.6 is 0 Å². The Balaban J connectivity index is 1.46. The lowest BCUT2D eigenvalue weighted by atomic mass is 9.94. The van der Waals surface area contributed by atoms with Crippen LogP contribution in [0.25, 0.3) is 10.9 Å². The Morgan fingerprint density at radius 2 is 2.09 bits per heavy atom. The highest BCUT2D eigenvalue weighted by molar-refractivity contribution is 7.90. The summed E-state index contributed by atoms with van der Waals surface area (Å²) >= 11 is 0. The van der Waals surface area contributed by atoms with Gasteiger partial charge in [0.2, 0.25) is 0 Å². The number of aryl methyl sites for hydroxylation is 1. The minimum atomic E-state index is -4.01. The molecule has 3 heterocycles. The van der Waals surface area contributed by atoms with E-state index in [1.165, 1.54) is 39.5 Å². The maximum atomic E-state index is 14.7. The van der Waals surface area contributed by atoms with E-state index in [0.717, 1.165) is 12.5 Å². The number of fused-ring (bicyclic) bond motifs is 1. The molecule has 2 aliphatic rings. The Hall–Kier alpha value is -3.53. The molecule has 1 N–H and O–H groups in total. The monoisotopic (exact) mass is 485 g/mol. The summed E-state index contributed by atoms with van der Waals surface area (Å²) in [5.41, 5.74) is -0.774. The van der Waals surface area contributed by atoms with Crippen molar-refractivity contribution in [1.29, 1.82) is 5.26 Å². The van der Waals surface area contributed by atoms with Gasteiger partial charge in [-0.1, -0.05) is 0 Å². The van der Waals surface area contributed by atoms with Crippen LogP contribution in [0.3, 0.4) is 0 Å². The number of anilines is 1. The van der Waals surface area contributed by atoms with E-state index in [9.17, 15) is 22.9 Å². The van der Waals surface area contributed by atoms with Gasteiger partial charge in [0.15, 0.2) is 11.6 Å². The van der Waals surface area contributed by atoms with Crippen LogP contribution in [0.2, 0.25) is 0 Å². The van der Waals surface area contributed by atoms with Crippen molar-refractivity contribution in [2.75, 3.05) is 24.4 Å². The summed E-state index contributed by atoms with van der Waals surface area (Å²) in [6, 6.07) is 8.41. The van der Waals surface area contributed by atoms with Gasteiger partial charge < -0.3 is 14.0 Å². The molecule has 2 fully saturated rings. The number of benzene rings is 2. The predicted octanol–water partition coefficient (Wildman–Crippen LogP) is 2.26. The maximum absolute atomic E-state index is 14.7. The van der Waals surface area contributed by atoms with Crippen molar-refractivity contribution in [3.8, 4) is 17.6 Å². The summed E-state index contributed by atoms with van der Waals surface area (Å²) in [4.78, 5) is 16.5. The molecule has 0 amide bonds.